The van der Waals surface area contributed by atoms with Crippen molar-refractivity contribution < 1.29 is 28.6 Å². The molecule has 0 spiro atoms. The van der Waals surface area contributed by atoms with Crippen molar-refractivity contribution in [3.63, 3.8) is 0 Å². The number of aromatic carboxylic acids is 1. The van der Waals surface area contributed by atoms with Crippen molar-refractivity contribution >= 4 is 28.6 Å². The van der Waals surface area contributed by atoms with Gasteiger partial charge in [0.15, 0.2) is 11.5 Å². The van der Waals surface area contributed by atoms with Crippen LogP contribution in [0.25, 0.3) is 11.0 Å². The highest BCUT2D eigenvalue weighted by Crippen LogP contribution is 2.28. The maximum absolute atomic E-state index is 12.4. The number of fused-ring (bicyclic) bond motifs is 1. The van der Waals surface area contributed by atoms with E-state index in [0.29, 0.717) is 41.1 Å². The highest BCUT2D eigenvalue weighted by molar-refractivity contribution is 5.96. The van der Waals surface area contributed by atoms with Gasteiger partial charge in [-0.1, -0.05) is 6.07 Å². The van der Waals surface area contributed by atoms with Gasteiger partial charge in [0, 0.05) is 22.2 Å². The summed E-state index contributed by atoms with van der Waals surface area (Å²) in [5, 5.41) is 14.1. The second-order valence-electron chi connectivity index (χ2n) is 7.05. The smallest absolute Gasteiger partial charge is 0.372 e. The largest absolute Gasteiger partial charge is 0.493 e. The van der Waals surface area contributed by atoms with Crippen molar-refractivity contribution in [2.24, 2.45) is 5.10 Å². The van der Waals surface area contributed by atoms with Crippen LogP contribution >= 0.6 is 0 Å². The lowest BCUT2D eigenvalue weighted by molar-refractivity contribution is 0.0663. The first-order valence-corrected chi connectivity index (χ1v) is 9.65. The summed E-state index contributed by atoms with van der Waals surface area (Å²) in [6.45, 7) is 3.56. The van der Waals surface area contributed by atoms with Gasteiger partial charge in [0.2, 0.25) is 5.76 Å². The fraction of sp³-hybridized carbons (Fsp3) is 0.261. The van der Waals surface area contributed by atoms with Gasteiger partial charge in [-0.3, -0.25) is 4.79 Å². The fourth-order valence-electron chi connectivity index (χ4n) is 3.20. The first kappa shape index (κ1) is 21.9. The number of furan rings is 1. The zero-order valence-corrected chi connectivity index (χ0v) is 17.8. The molecule has 8 heteroatoms. The number of carbonyl (C=O) groups excluding carboxylic acids is 1. The van der Waals surface area contributed by atoms with E-state index in [4.69, 9.17) is 13.9 Å². The van der Waals surface area contributed by atoms with Crippen LogP contribution in [0.2, 0.25) is 0 Å². The Kier molecular flexibility index (Phi) is 6.59. The number of ether oxygens (including phenoxy) is 2. The van der Waals surface area contributed by atoms with E-state index in [-0.39, 0.29) is 11.7 Å². The molecule has 0 aliphatic rings. The molecule has 0 atom stereocenters. The predicted octanol–water partition coefficient (Wildman–Crippen LogP) is 4.20. The standard InChI is InChI=1S/C23H24N2O6/c1-13(24-25-22(26)16-8-10-19(29-3)20(12-16)30-4)5-6-15-7-9-18-17(11-15)14(2)21(31-18)23(27)28/h7-12H,5-6H2,1-4H3,(H,25,26)(H,27,28)/b24-13-. The minimum atomic E-state index is -1.08. The highest BCUT2D eigenvalue weighted by Gasteiger charge is 2.16. The van der Waals surface area contributed by atoms with Gasteiger partial charge in [-0.15, -0.1) is 0 Å². The Morgan fingerprint density at radius 3 is 2.52 bits per heavy atom. The molecule has 1 amide bonds. The van der Waals surface area contributed by atoms with Crippen molar-refractivity contribution in [2.75, 3.05) is 14.2 Å². The van der Waals surface area contributed by atoms with E-state index in [2.05, 4.69) is 10.5 Å². The lowest BCUT2D eigenvalue weighted by Gasteiger charge is -2.09. The SMILES string of the molecule is COc1ccc(C(=O)N/N=C(/C)CCc2ccc3oc(C(=O)O)c(C)c3c2)cc1OC. The molecule has 8 nitrogen and oxygen atoms in total. The molecule has 31 heavy (non-hydrogen) atoms. The number of carbonyl (C=O) groups is 2. The van der Waals surface area contributed by atoms with Crippen molar-refractivity contribution in [1.29, 1.82) is 0 Å². The molecule has 0 fully saturated rings. The maximum atomic E-state index is 12.4. The number of methoxy groups -OCH3 is 2. The third-order valence-corrected chi connectivity index (χ3v) is 4.96. The number of carboxylic acid groups (broad SMARTS) is 1. The lowest BCUT2D eigenvalue weighted by Crippen LogP contribution is -2.19. The molecule has 0 saturated heterocycles. The van der Waals surface area contributed by atoms with Crippen LogP contribution in [0.5, 0.6) is 11.5 Å². The van der Waals surface area contributed by atoms with Gasteiger partial charge in [0.25, 0.3) is 5.91 Å². The Bertz CT molecular complexity index is 1160. The van der Waals surface area contributed by atoms with Crippen LogP contribution in [0, 0.1) is 6.92 Å². The number of hydrogen-bond donors (Lipinski definition) is 2. The Morgan fingerprint density at radius 1 is 1.10 bits per heavy atom. The number of rotatable bonds is 8. The molecule has 2 aromatic carbocycles. The lowest BCUT2D eigenvalue weighted by atomic mass is 10.0. The average Bonchev–Trinajstić information content (AvgIpc) is 3.11. The number of carboxylic acids is 1. The molecule has 162 valence electrons. The zero-order valence-electron chi connectivity index (χ0n) is 17.8. The molecule has 1 heterocycles. The summed E-state index contributed by atoms with van der Waals surface area (Å²) in [4.78, 5) is 23.6. The number of aryl methyl sites for hydroxylation is 2. The summed E-state index contributed by atoms with van der Waals surface area (Å²) in [6.07, 6.45) is 1.31. The van der Waals surface area contributed by atoms with Crippen LogP contribution in [0.1, 0.15) is 45.4 Å². The van der Waals surface area contributed by atoms with E-state index in [1.54, 1.807) is 31.2 Å². The summed E-state index contributed by atoms with van der Waals surface area (Å²) < 4.78 is 15.8. The van der Waals surface area contributed by atoms with Gasteiger partial charge < -0.3 is 19.0 Å². The van der Waals surface area contributed by atoms with E-state index in [0.717, 1.165) is 16.7 Å². The Hall–Kier alpha value is -3.81. The molecule has 3 aromatic rings. The molecule has 3 rings (SSSR count). The van der Waals surface area contributed by atoms with Gasteiger partial charge in [-0.25, -0.2) is 10.2 Å². The summed E-state index contributed by atoms with van der Waals surface area (Å²) in [5.41, 5.74) is 5.89. The topological polar surface area (TPSA) is 110 Å². The number of nitrogens with zero attached hydrogens (tertiary/aromatic N) is 1. The first-order valence-electron chi connectivity index (χ1n) is 9.65. The summed E-state index contributed by atoms with van der Waals surface area (Å²) in [7, 11) is 3.04. The number of hydrogen-bond acceptors (Lipinski definition) is 6. The second kappa shape index (κ2) is 9.34. The molecule has 0 radical (unpaired) electrons. The quantitative estimate of drug-likeness (QED) is 0.414. The Labute approximate surface area is 179 Å². The van der Waals surface area contributed by atoms with Gasteiger partial charge in [-0.05, 0) is 62.6 Å². The van der Waals surface area contributed by atoms with Crippen LogP contribution in [-0.2, 0) is 6.42 Å². The van der Waals surface area contributed by atoms with E-state index in [1.807, 2.05) is 19.1 Å². The van der Waals surface area contributed by atoms with Crippen molar-refractivity contribution in [2.45, 2.75) is 26.7 Å². The van der Waals surface area contributed by atoms with Crippen LogP contribution in [-0.4, -0.2) is 36.9 Å². The Morgan fingerprint density at radius 2 is 1.84 bits per heavy atom. The second-order valence-corrected chi connectivity index (χ2v) is 7.05. The molecular weight excluding hydrogens is 400 g/mol. The van der Waals surface area contributed by atoms with Crippen LogP contribution in [0.15, 0.2) is 45.9 Å². The minimum Gasteiger partial charge on any atom is -0.493 e. The number of benzene rings is 2. The Balaban J connectivity index is 1.64. The molecule has 0 unspecified atom stereocenters. The maximum Gasteiger partial charge on any atom is 0.372 e. The monoisotopic (exact) mass is 424 g/mol. The molecule has 0 saturated carbocycles. The highest BCUT2D eigenvalue weighted by atomic mass is 16.5. The van der Waals surface area contributed by atoms with Crippen molar-refractivity contribution in [3.8, 4) is 11.5 Å². The summed E-state index contributed by atoms with van der Waals surface area (Å²) in [6, 6.07) is 10.5. The van der Waals surface area contributed by atoms with Gasteiger partial charge >= 0.3 is 5.97 Å². The fourth-order valence-corrected chi connectivity index (χ4v) is 3.20. The molecule has 0 aliphatic heterocycles. The first-order chi connectivity index (χ1) is 14.8. The van der Waals surface area contributed by atoms with Gasteiger partial charge in [0.1, 0.15) is 5.58 Å². The van der Waals surface area contributed by atoms with Crippen LogP contribution < -0.4 is 14.9 Å². The van der Waals surface area contributed by atoms with Gasteiger partial charge in [-0.2, -0.15) is 5.10 Å². The minimum absolute atomic E-state index is 0.0391. The number of nitrogens with one attached hydrogen (secondary N) is 1. The molecule has 2 N–H and O–H groups in total. The molecular formula is C23H24N2O6. The van der Waals surface area contributed by atoms with Gasteiger partial charge in [0.05, 0.1) is 14.2 Å². The van der Waals surface area contributed by atoms with E-state index in [9.17, 15) is 14.7 Å². The van der Waals surface area contributed by atoms with E-state index < -0.39 is 5.97 Å². The number of hydrazone groups is 1. The van der Waals surface area contributed by atoms with E-state index in [1.165, 1.54) is 14.2 Å². The van der Waals surface area contributed by atoms with E-state index >= 15 is 0 Å². The third kappa shape index (κ3) is 4.85. The molecule has 0 aliphatic carbocycles. The zero-order chi connectivity index (χ0) is 22.5. The summed E-state index contributed by atoms with van der Waals surface area (Å²) >= 11 is 0. The van der Waals surface area contributed by atoms with Crippen LogP contribution in [0.4, 0.5) is 0 Å². The molecule has 0 bridgehead atoms. The number of amides is 1. The summed E-state index contributed by atoms with van der Waals surface area (Å²) in [5.74, 6) is -0.464. The van der Waals surface area contributed by atoms with Crippen LogP contribution in [0.3, 0.4) is 0 Å². The van der Waals surface area contributed by atoms with Crippen molar-refractivity contribution in [3.05, 3.63) is 58.8 Å². The predicted molar refractivity (Wildman–Crippen MR) is 116 cm³/mol. The van der Waals surface area contributed by atoms with Crippen molar-refractivity contribution in [1.82, 2.24) is 5.43 Å². The normalized spacial score (nSPS) is 11.4. The molecule has 1 aromatic heterocycles. The average molecular weight is 424 g/mol. The third-order valence-electron chi connectivity index (χ3n) is 4.96.